The molecule has 0 bridgehead atoms. The smallest absolute Gasteiger partial charge is 0.161 e. The van der Waals surface area contributed by atoms with Crippen molar-refractivity contribution in [2.24, 2.45) is 0 Å². The summed E-state index contributed by atoms with van der Waals surface area (Å²) in [5.41, 5.74) is 3.23. The minimum atomic E-state index is 0.524. The van der Waals surface area contributed by atoms with Gasteiger partial charge in [-0.3, -0.25) is 0 Å². The summed E-state index contributed by atoms with van der Waals surface area (Å²) in [5, 5.41) is 0. The number of rotatable bonds is 8. The van der Waals surface area contributed by atoms with Crippen molar-refractivity contribution in [3.63, 3.8) is 0 Å². The van der Waals surface area contributed by atoms with E-state index >= 15 is 0 Å². The first-order chi connectivity index (χ1) is 14.3. The maximum atomic E-state index is 6.03. The predicted molar refractivity (Wildman–Crippen MR) is 118 cm³/mol. The monoisotopic (exact) mass is 384 g/mol. The molecular formula is C25H24N2O2. The van der Waals surface area contributed by atoms with E-state index in [-0.39, 0.29) is 0 Å². The molecule has 0 unspecified atom stereocenters. The number of hydrogen-bond donors (Lipinski definition) is 0. The lowest BCUT2D eigenvalue weighted by Crippen LogP contribution is -2.10. The maximum absolute atomic E-state index is 6.03. The van der Waals surface area contributed by atoms with E-state index in [9.17, 15) is 0 Å². The number of fused-ring (bicyclic) bond motifs is 1. The second-order valence-electron chi connectivity index (χ2n) is 6.58. The Hall–Kier alpha value is -3.53. The first kappa shape index (κ1) is 18.8. The van der Waals surface area contributed by atoms with E-state index in [0.29, 0.717) is 19.8 Å². The molecule has 0 saturated carbocycles. The SMILES string of the molecule is CCOc1ccccc1OCCn1c(/C=C/c2ccccc2)nc2ccccc21. The molecule has 0 aliphatic carbocycles. The second kappa shape index (κ2) is 9.11. The average Bonchev–Trinajstić information content (AvgIpc) is 3.12. The highest BCUT2D eigenvalue weighted by molar-refractivity contribution is 5.79. The first-order valence-electron chi connectivity index (χ1n) is 9.88. The molecule has 0 spiro atoms. The highest BCUT2D eigenvalue weighted by Crippen LogP contribution is 2.26. The number of benzene rings is 3. The van der Waals surface area contributed by atoms with Crippen LogP contribution in [0.5, 0.6) is 11.5 Å². The molecule has 1 heterocycles. The Labute approximate surface area is 171 Å². The van der Waals surface area contributed by atoms with Gasteiger partial charge in [0.25, 0.3) is 0 Å². The van der Waals surface area contributed by atoms with Gasteiger partial charge >= 0.3 is 0 Å². The zero-order valence-electron chi connectivity index (χ0n) is 16.5. The summed E-state index contributed by atoms with van der Waals surface area (Å²) in [6.07, 6.45) is 4.15. The lowest BCUT2D eigenvalue weighted by Gasteiger charge is -2.13. The van der Waals surface area contributed by atoms with E-state index < -0.39 is 0 Å². The number of hydrogen-bond acceptors (Lipinski definition) is 3. The van der Waals surface area contributed by atoms with Crippen LogP contribution in [0.1, 0.15) is 18.3 Å². The summed E-state index contributed by atoms with van der Waals surface area (Å²) >= 11 is 0. The standard InChI is InChI=1S/C25H24N2O2/c1-2-28-23-14-8-9-15-24(23)29-19-18-27-22-13-7-6-12-21(22)26-25(27)17-16-20-10-4-3-5-11-20/h3-17H,2,18-19H2,1H3/b17-16+. The van der Waals surface area contributed by atoms with Gasteiger partial charge in [0.05, 0.1) is 24.2 Å². The predicted octanol–water partition coefficient (Wildman–Crippen LogP) is 5.68. The average molecular weight is 384 g/mol. The molecule has 4 nitrogen and oxygen atoms in total. The Kier molecular flexibility index (Phi) is 5.91. The molecule has 1 aromatic heterocycles. The van der Waals surface area contributed by atoms with Crippen LogP contribution >= 0.6 is 0 Å². The van der Waals surface area contributed by atoms with E-state index in [4.69, 9.17) is 14.5 Å². The van der Waals surface area contributed by atoms with Crippen LogP contribution in [0.3, 0.4) is 0 Å². The van der Waals surface area contributed by atoms with Crippen LogP contribution in [0.15, 0.2) is 78.9 Å². The lowest BCUT2D eigenvalue weighted by molar-refractivity contribution is 0.267. The van der Waals surface area contributed by atoms with Crippen molar-refractivity contribution < 1.29 is 9.47 Å². The van der Waals surface area contributed by atoms with E-state index in [1.54, 1.807) is 0 Å². The molecule has 0 N–H and O–H groups in total. The Morgan fingerprint density at radius 3 is 2.28 bits per heavy atom. The minimum Gasteiger partial charge on any atom is -0.490 e. The van der Waals surface area contributed by atoms with Crippen molar-refractivity contribution in [3.8, 4) is 11.5 Å². The van der Waals surface area contributed by atoms with Crippen LogP contribution in [-0.2, 0) is 6.54 Å². The van der Waals surface area contributed by atoms with E-state index in [1.807, 2.05) is 67.6 Å². The number of imidazole rings is 1. The molecule has 3 aromatic carbocycles. The number of aromatic nitrogens is 2. The minimum absolute atomic E-state index is 0.524. The van der Waals surface area contributed by atoms with Gasteiger partial charge in [-0.1, -0.05) is 60.7 Å². The van der Waals surface area contributed by atoms with Gasteiger partial charge in [-0.05, 0) is 42.8 Å². The molecule has 29 heavy (non-hydrogen) atoms. The van der Waals surface area contributed by atoms with Gasteiger partial charge in [0.1, 0.15) is 12.4 Å². The Balaban J connectivity index is 1.56. The fourth-order valence-electron chi connectivity index (χ4n) is 3.28. The van der Waals surface area contributed by atoms with Crippen LogP contribution in [0.2, 0.25) is 0 Å². The second-order valence-corrected chi connectivity index (χ2v) is 6.58. The van der Waals surface area contributed by atoms with Gasteiger partial charge in [0.2, 0.25) is 0 Å². The first-order valence-corrected chi connectivity index (χ1v) is 9.88. The van der Waals surface area contributed by atoms with Crippen molar-refractivity contribution in [3.05, 3.63) is 90.3 Å². The van der Waals surface area contributed by atoms with E-state index in [0.717, 1.165) is 33.9 Å². The molecule has 4 heteroatoms. The summed E-state index contributed by atoms with van der Waals surface area (Å²) in [6, 6.07) is 26.2. The van der Waals surface area contributed by atoms with Crippen LogP contribution in [-0.4, -0.2) is 22.8 Å². The fraction of sp³-hybridized carbons (Fsp3) is 0.160. The molecule has 4 rings (SSSR count). The third-order valence-electron chi connectivity index (χ3n) is 4.63. The van der Waals surface area contributed by atoms with E-state index in [2.05, 4.69) is 34.9 Å². The zero-order valence-corrected chi connectivity index (χ0v) is 16.5. The fourth-order valence-corrected chi connectivity index (χ4v) is 3.28. The maximum Gasteiger partial charge on any atom is 0.161 e. The number of nitrogens with zero attached hydrogens (tertiary/aromatic N) is 2. The quantitative estimate of drug-likeness (QED) is 0.392. The molecule has 0 radical (unpaired) electrons. The molecule has 0 aliphatic rings. The van der Waals surface area contributed by atoms with Crippen molar-refractivity contribution in [2.75, 3.05) is 13.2 Å². The van der Waals surface area contributed by atoms with Gasteiger partial charge < -0.3 is 14.0 Å². The van der Waals surface area contributed by atoms with Gasteiger partial charge in [-0.25, -0.2) is 4.98 Å². The Morgan fingerprint density at radius 2 is 1.48 bits per heavy atom. The highest BCUT2D eigenvalue weighted by Gasteiger charge is 2.09. The molecular weight excluding hydrogens is 360 g/mol. The molecule has 0 amide bonds. The largest absolute Gasteiger partial charge is 0.490 e. The van der Waals surface area contributed by atoms with Crippen LogP contribution in [0, 0.1) is 0 Å². The molecule has 0 saturated heterocycles. The summed E-state index contributed by atoms with van der Waals surface area (Å²) in [5.74, 6) is 2.45. The van der Waals surface area contributed by atoms with Crippen LogP contribution in [0.4, 0.5) is 0 Å². The van der Waals surface area contributed by atoms with Gasteiger partial charge in [0.15, 0.2) is 11.5 Å². The molecule has 0 aliphatic heterocycles. The summed E-state index contributed by atoms with van der Waals surface area (Å²) in [7, 11) is 0. The molecule has 4 aromatic rings. The molecule has 0 fully saturated rings. The van der Waals surface area contributed by atoms with Crippen molar-refractivity contribution >= 4 is 23.2 Å². The van der Waals surface area contributed by atoms with E-state index in [1.165, 1.54) is 0 Å². The third kappa shape index (κ3) is 4.49. The van der Waals surface area contributed by atoms with Crippen LogP contribution in [0.25, 0.3) is 23.2 Å². The van der Waals surface area contributed by atoms with Crippen molar-refractivity contribution in [1.82, 2.24) is 9.55 Å². The van der Waals surface area contributed by atoms with Gasteiger partial charge in [-0.15, -0.1) is 0 Å². The molecule has 0 atom stereocenters. The summed E-state index contributed by atoms with van der Waals surface area (Å²) < 4.78 is 13.9. The van der Waals surface area contributed by atoms with Crippen molar-refractivity contribution in [2.45, 2.75) is 13.5 Å². The lowest BCUT2D eigenvalue weighted by atomic mass is 10.2. The Morgan fingerprint density at radius 1 is 0.793 bits per heavy atom. The van der Waals surface area contributed by atoms with Crippen LogP contribution < -0.4 is 9.47 Å². The third-order valence-corrected chi connectivity index (χ3v) is 4.63. The highest BCUT2D eigenvalue weighted by atomic mass is 16.5. The summed E-state index contributed by atoms with van der Waals surface area (Å²) in [4.78, 5) is 4.80. The van der Waals surface area contributed by atoms with Gasteiger partial charge in [-0.2, -0.15) is 0 Å². The number of para-hydroxylation sites is 4. The Bertz CT molecular complexity index is 1100. The zero-order chi connectivity index (χ0) is 19.9. The van der Waals surface area contributed by atoms with Crippen molar-refractivity contribution in [1.29, 1.82) is 0 Å². The number of ether oxygens (including phenoxy) is 2. The topological polar surface area (TPSA) is 36.3 Å². The summed E-state index contributed by atoms with van der Waals surface area (Å²) in [6.45, 7) is 3.80. The van der Waals surface area contributed by atoms with Gasteiger partial charge in [0, 0.05) is 0 Å². The normalized spacial score (nSPS) is 11.2. The molecule has 146 valence electrons.